The van der Waals surface area contributed by atoms with Crippen molar-refractivity contribution in [2.45, 2.75) is 57.0 Å². The average Bonchev–Trinajstić information content (AvgIpc) is 3.03. The molecule has 1 aromatic heterocycles. The first-order chi connectivity index (χ1) is 14.4. The Morgan fingerprint density at radius 1 is 1.27 bits per heavy atom. The normalized spacial score (nSPS) is 22.9. The Balaban J connectivity index is 1.65. The van der Waals surface area contributed by atoms with Gasteiger partial charge in [0.2, 0.25) is 5.91 Å². The third kappa shape index (κ3) is 3.71. The molecule has 3 unspecified atom stereocenters. The van der Waals surface area contributed by atoms with E-state index in [-0.39, 0.29) is 11.8 Å². The second kappa shape index (κ2) is 8.38. The molecule has 2 aromatic rings. The van der Waals surface area contributed by atoms with Crippen LogP contribution in [0.1, 0.15) is 49.3 Å². The van der Waals surface area contributed by atoms with Gasteiger partial charge in [0.15, 0.2) is 0 Å². The molecule has 0 saturated carbocycles. The van der Waals surface area contributed by atoms with Crippen molar-refractivity contribution < 1.29 is 9.59 Å². The number of fused-ring (bicyclic) bond motifs is 3. The number of anilines is 1. The van der Waals surface area contributed by atoms with E-state index in [9.17, 15) is 9.59 Å². The van der Waals surface area contributed by atoms with Crippen molar-refractivity contribution in [3.63, 3.8) is 0 Å². The highest BCUT2D eigenvalue weighted by Gasteiger charge is 2.35. The standard InChI is InChI=1S/C23H33N5O2/c1-15-10-19-21(27(4)25-23(19)16(14-29)8-9-22(30)24-2)11-20(15)28-12-17-6-5-7-18(13-28)26(17)3/h10-11,14,16-18H,5-9,12-13H2,1-4H3,(H,24,30). The van der Waals surface area contributed by atoms with Crippen LogP contribution in [-0.2, 0) is 16.6 Å². The van der Waals surface area contributed by atoms with Gasteiger partial charge in [-0.3, -0.25) is 14.4 Å². The predicted molar refractivity (Wildman–Crippen MR) is 119 cm³/mol. The summed E-state index contributed by atoms with van der Waals surface area (Å²) in [6.45, 7) is 4.28. The summed E-state index contributed by atoms with van der Waals surface area (Å²) in [5.74, 6) is -0.430. The Bertz CT molecular complexity index is 939. The van der Waals surface area contributed by atoms with Crippen molar-refractivity contribution in [3.05, 3.63) is 23.4 Å². The quantitative estimate of drug-likeness (QED) is 0.739. The fourth-order valence-electron chi connectivity index (χ4n) is 5.24. The van der Waals surface area contributed by atoms with Crippen LogP contribution in [-0.4, -0.2) is 66.1 Å². The van der Waals surface area contributed by atoms with Gasteiger partial charge in [0, 0.05) is 56.8 Å². The van der Waals surface area contributed by atoms with Crippen molar-refractivity contribution in [2.24, 2.45) is 7.05 Å². The minimum atomic E-state index is -0.376. The Hall–Kier alpha value is -2.41. The van der Waals surface area contributed by atoms with Gasteiger partial charge in [-0.2, -0.15) is 5.10 Å². The molecule has 0 aliphatic carbocycles. The minimum Gasteiger partial charge on any atom is -0.368 e. The molecule has 7 heteroatoms. The number of piperazine rings is 1. The number of amides is 1. The fourth-order valence-corrected chi connectivity index (χ4v) is 5.24. The van der Waals surface area contributed by atoms with Crippen LogP contribution < -0.4 is 10.2 Å². The zero-order valence-corrected chi connectivity index (χ0v) is 18.5. The lowest BCUT2D eigenvalue weighted by Gasteiger charge is -2.49. The second-order valence-corrected chi connectivity index (χ2v) is 8.93. The lowest BCUT2D eigenvalue weighted by Crippen LogP contribution is -2.59. The first-order valence-corrected chi connectivity index (χ1v) is 11.0. The van der Waals surface area contributed by atoms with Gasteiger partial charge in [-0.15, -0.1) is 0 Å². The molecular weight excluding hydrogens is 378 g/mol. The summed E-state index contributed by atoms with van der Waals surface area (Å²) in [7, 11) is 5.82. The minimum absolute atomic E-state index is 0.0545. The molecule has 162 valence electrons. The van der Waals surface area contributed by atoms with E-state index in [0.29, 0.717) is 24.9 Å². The molecule has 2 saturated heterocycles. The number of aldehydes is 1. The molecule has 3 atom stereocenters. The van der Waals surface area contributed by atoms with Crippen LogP contribution in [0.3, 0.4) is 0 Å². The summed E-state index contributed by atoms with van der Waals surface area (Å²) < 4.78 is 1.88. The lowest BCUT2D eigenvalue weighted by molar-refractivity contribution is -0.120. The number of hydrogen-bond acceptors (Lipinski definition) is 5. The average molecular weight is 412 g/mol. The van der Waals surface area contributed by atoms with E-state index < -0.39 is 0 Å². The molecule has 1 aromatic carbocycles. The maximum absolute atomic E-state index is 11.8. The molecular formula is C23H33N5O2. The number of aryl methyl sites for hydroxylation is 2. The predicted octanol–water partition coefficient (Wildman–Crippen LogP) is 2.36. The molecule has 0 spiro atoms. The number of nitrogens with one attached hydrogen (secondary N) is 1. The van der Waals surface area contributed by atoms with Crippen molar-refractivity contribution in [3.8, 4) is 0 Å². The molecule has 1 N–H and O–H groups in total. The molecule has 2 aliphatic heterocycles. The third-order valence-corrected chi connectivity index (χ3v) is 7.10. The van der Waals surface area contributed by atoms with E-state index in [0.717, 1.165) is 36.0 Å². The van der Waals surface area contributed by atoms with Gasteiger partial charge in [-0.05, 0) is 50.9 Å². The molecule has 2 bridgehead atoms. The van der Waals surface area contributed by atoms with Gasteiger partial charge in [-0.25, -0.2) is 0 Å². The first kappa shape index (κ1) is 20.8. The monoisotopic (exact) mass is 411 g/mol. The van der Waals surface area contributed by atoms with Crippen molar-refractivity contribution in [2.75, 3.05) is 32.1 Å². The summed E-state index contributed by atoms with van der Waals surface area (Å²) in [5, 5.41) is 8.33. The third-order valence-electron chi connectivity index (χ3n) is 7.10. The van der Waals surface area contributed by atoms with Crippen LogP contribution in [0.15, 0.2) is 12.1 Å². The Labute approximate surface area is 178 Å². The number of likely N-dealkylation sites (N-methyl/N-ethyl adjacent to an activating group) is 1. The molecule has 3 heterocycles. The summed E-state index contributed by atoms with van der Waals surface area (Å²) in [6, 6.07) is 5.66. The highest BCUT2D eigenvalue weighted by atomic mass is 16.1. The summed E-state index contributed by atoms with van der Waals surface area (Å²) in [5.41, 5.74) is 4.31. The Morgan fingerprint density at radius 2 is 1.97 bits per heavy atom. The molecule has 0 radical (unpaired) electrons. The van der Waals surface area contributed by atoms with E-state index >= 15 is 0 Å². The Kier molecular flexibility index (Phi) is 5.82. The number of piperidine rings is 1. The van der Waals surface area contributed by atoms with Gasteiger partial charge in [0.05, 0.1) is 17.1 Å². The maximum Gasteiger partial charge on any atom is 0.219 e. The molecule has 30 heavy (non-hydrogen) atoms. The van der Waals surface area contributed by atoms with Crippen LogP contribution in [0, 0.1) is 6.92 Å². The molecule has 7 nitrogen and oxygen atoms in total. The van der Waals surface area contributed by atoms with Gasteiger partial charge >= 0.3 is 0 Å². The number of aromatic nitrogens is 2. The lowest BCUT2D eigenvalue weighted by atomic mass is 9.91. The topological polar surface area (TPSA) is 70.5 Å². The first-order valence-electron chi connectivity index (χ1n) is 11.0. The summed E-state index contributed by atoms with van der Waals surface area (Å²) in [6.07, 6.45) is 5.59. The largest absolute Gasteiger partial charge is 0.368 e. The Morgan fingerprint density at radius 3 is 2.60 bits per heavy atom. The zero-order valence-electron chi connectivity index (χ0n) is 18.5. The van der Waals surface area contributed by atoms with Crippen LogP contribution >= 0.6 is 0 Å². The molecule has 1 amide bonds. The van der Waals surface area contributed by atoms with Gasteiger partial charge in [0.1, 0.15) is 6.29 Å². The van der Waals surface area contributed by atoms with E-state index in [1.165, 1.54) is 30.5 Å². The summed E-state index contributed by atoms with van der Waals surface area (Å²) in [4.78, 5) is 28.6. The highest BCUT2D eigenvalue weighted by molar-refractivity contribution is 5.89. The number of hydrogen-bond donors (Lipinski definition) is 1. The van der Waals surface area contributed by atoms with E-state index in [1.54, 1.807) is 7.05 Å². The number of carbonyl (C=O) groups is 2. The number of benzene rings is 1. The van der Waals surface area contributed by atoms with Crippen molar-refractivity contribution in [1.29, 1.82) is 0 Å². The maximum atomic E-state index is 11.8. The summed E-state index contributed by atoms with van der Waals surface area (Å²) >= 11 is 0. The van der Waals surface area contributed by atoms with E-state index in [4.69, 9.17) is 0 Å². The zero-order chi connectivity index (χ0) is 21.4. The van der Waals surface area contributed by atoms with Crippen molar-refractivity contribution in [1.82, 2.24) is 20.0 Å². The molecule has 4 rings (SSSR count). The number of carbonyl (C=O) groups excluding carboxylic acids is 2. The van der Waals surface area contributed by atoms with Crippen LogP contribution in [0.25, 0.3) is 10.9 Å². The van der Waals surface area contributed by atoms with Gasteiger partial charge in [0.25, 0.3) is 0 Å². The van der Waals surface area contributed by atoms with E-state index in [1.807, 2.05) is 11.7 Å². The van der Waals surface area contributed by atoms with E-state index in [2.05, 4.69) is 46.3 Å². The SMILES string of the molecule is CNC(=O)CCC(C=O)c1nn(C)c2cc(N3CC4CCCC(C3)N4C)c(C)cc12. The molecule has 2 fully saturated rings. The van der Waals surface area contributed by atoms with Crippen LogP contribution in [0.4, 0.5) is 5.69 Å². The van der Waals surface area contributed by atoms with Gasteiger partial charge in [-0.1, -0.05) is 6.42 Å². The number of nitrogens with zero attached hydrogens (tertiary/aromatic N) is 4. The smallest absolute Gasteiger partial charge is 0.219 e. The number of rotatable bonds is 6. The van der Waals surface area contributed by atoms with Crippen LogP contribution in [0.2, 0.25) is 0 Å². The van der Waals surface area contributed by atoms with Gasteiger partial charge < -0.3 is 15.0 Å². The fraction of sp³-hybridized carbons (Fsp3) is 0.609. The highest BCUT2D eigenvalue weighted by Crippen LogP contribution is 2.35. The van der Waals surface area contributed by atoms with Crippen molar-refractivity contribution >= 4 is 28.8 Å². The van der Waals surface area contributed by atoms with Crippen LogP contribution in [0.5, 0.6) is 0 Å². The molecule has 2 aliphatic rings. The second-order valence-electron chi connectivity index (χ2n) is 8.93.